The number of aromatic amines is 1. The van der Waals surface area contributed by atoms with Gasteiger partial charge in [0.05, 0.1) is 16.5 Å². The number of fused-ring (bicyclic) bond motifs is 1. The van der Waals surface area contributed by atoms with Crippen molar-refractivity contribution in [2.45, 2.75) is 55.9 Å². The molecular formula is C23H28N2O4S. The van der Waals surface area contributed by atoms with Gasteiger partial charge in [-0.2, -0.15) is 0 Å². The molecule has 1 fully saturated rings. The van der Waals surface area contributed by atoms with Crippen molar-refractivity contribution < 1.29 is 19.0 Å². The molecule has 1 aromatic heterocycles. The lowest BCUT2D eigenvalue weighted by Gasteiger charge is -2.38. The summed E-state index contributed by atoms with van der Waals surface area (Å²) in [5, 5.41) is 10.5. The Morgan fingerprint density at radius 3 is 2.57 bits per heavy atom. The van der Waals surface area contributed by atoms with Gasteiger partial charge in [0.2, 0.25) is 0 Å². The predicted molar refractivity (Wildman–Crippen MR) is 121 cm³/mol. The molecule has 1 atom stereocenters. The highest BCUT2D eigenvalue weighted by atomic mass is 32.3. The second-order valence-electron chi connectivity index (χ2n) is 8.05. The van der Waals surface area contributed by atoms with E-state index < -0.39 is 22.7 Å². The van der Waals surface area contributed by atoms with Gasteiger partial charge in [0.1, 0.15) is 0 Å². The van der Waals surface area contributed by atoms with Gasteiger partial charge in [0, 0.05) is 22.5 Å². The molecule has 1 aliphatic rings. The normalized spacial score (nSPS) is 17.2. The molecule has 1 heterocycles. The molecule has 0 aliphatic heterocycles. The summed E-state index contributed by atoms with van der Waals surface area (Å²) in [6, 6.07) is 14.8. The topological polar surface area (TPSA) is 106 Å². The molecular weight excluding hydrogens is 400 g/mol. The maximum Gasteiger partial charge on any atom is 0.310 e. The largest absolute Gasteiger partial charge is 0.481 e. The summed E-state index contributed by atoms with van der Waals surface area (Å²) in [5.74, 6) is -1.61. The Kier molecular flexibility index (Phi) is 5.88. The molecule has 0 spiro atoms. The Morgan fingerprint density at radius 2 is 1.83 bits per heavy atom. The predicted octanol–water partition coefficient (Wildman–Crippen LogP) is 5.97. The van der Waals surface area contributed by atoms with E-state index in [9.17, 15) is 19.0 Å². The van der Waals surface area contributed by atoms with Crippen LogP contribution in [0.25, 0.3) is 22.2 Å². The number of para-hydroxylation sites is 1. The van der Waals surface area contributed by atoms with Crippen molar-refractivity contribution in [2.75, 3.05) is 0 Å². The summed E-state index contributed by atoms with van der Waals surface area (Å²) < 4.78 is 24.7. The Bertz CT molecular complexity index is 1060. The molecule has 160 valence electrons. The summed E-state index contributed by atoms with van der Waals surface area (Å²) in [6.07, 6.45) is 5.27. The molecule has 1 saturated carbocycles. The molecule has 30 heavy (non-hydrogen) atoms. The van der Waals surface area contributed by atoms with Gasteiger partial charge in [-0.1, -0.05) is 49.6 Å². The van der Waals surface area contributed by atoms with Gasteiger partial charge >= 0.3 is 5.97 Å². The molecule has 3 aromatic rings. The first-order chi connectivity index (χ1) is 14.4. The van der Waals surface area contributed by atoms with Gasteiger partial charge in [-0.3, -0.25) is 13.9 Å². The van der Waals surface area contributed by atoms with E-state index in [4.69, 9.17) is 0 Å². The molecule has 0 bridgehead atoms. The molecule has 5 N–H and O–H groups in total. The van der Waals surface area contributed by atoms with Crippen molar-refractivity contribution >= 4 is 27.6 Å². The van der Waals surface area contributed by atoms with E-state index in [1.165, 1.54) is 6.42 Å². The van der Waals surface area contributed by atoms with E-state index >= 15 is 0 Å². The van der Waals surface area contributed by atoms with Crippen LogP contribution in [0.2, 0.25) is 0 Å². The van der Waals surface area contributed by atoms with Gasteiger partial charge in [0.15, 0.2) is 0 Å². The lowest BCUT2D eigenvalue weighted by atomic mass is 9.95. The fraction of sp³-hybridized carbons (Fsp3) is 0.348. The van der Waals surface area contributed by atoms with Crippen molar-refractivity contribution in [2.24, 2.45) is 0 Å². The van der Waals surface area contributed by atoms with Crippen LogP contribution < -0.4 is 4.72 Å². The molecule has 1 aliphatic carbocycles. The van der Waals surface area contributed by atoms with Gasteiger partial charge in [-0.25, -0.2) is 4.72 Å². The lowest BCUT2D eigenvalue weighted by Crippen LogP contribution is -2.33. The lowest BCUT2D eigenvalue weighted by molar-refractivity contribution is -0.138. The van der Waals surface area contributed by atoms with E-state index in [0.717, 1.165) is 42.1 Å². The van der Waals surface area contributed by atoms with Crippen molar-refractivity contribution in [3.63, 3.8) is 0 Å². The third kappa shape index (κ3) is 4.11. The SMILES string of the molecule is CC(C(=O)O)c1c(-c2cccc(S(O)(O)NC3CCCCC3)c2)[nH]c2ccccc12. The molecule has 1 unspecified atom stereocenters. The summed E-state index contributed by atoms with van der Waals surface area (Å²) in [4.78, 5) is 15.5. The molecule has 4 rings (SSSR count). The number of carboxylic acids is 1. The van der Waals surface area contributed by atoms with Crippen LogP contribution in [-0.4, -0.2) is 31.2 Å². The van der Waals surface area contributed by atoms with Crippen LogP contribution in [0.5, 0.6) is 0 Å². The van der Waals surface area contributed by atoms with Gasteiger partial charge < -0.3 is 10.1 Å². The second-order valence-corrected chi connectivity index (χ2v) is 9.85. The number of H-pyrrole nitrogens is 1. The van der Waals surface area contributed by atoms with Crippen molar-refractivity contribution in [3.05, 3.63) is 54.1 Å². The zero-order valence-electron chi connectivity index (χ0n) is 17.0. The Labute approximate surface area is 177 Å². The minimum absolute atomic E-state index is 0.100. The standard InChI is InChI=1S/C23H28N2O4S/c1-15(23(26)27)21-19-12-5-6-13-20(19)24-22(21)16-8-7-11-18(14-16)30(28,29)25-17-9-3-2-4-10-17/h5-8,11-15,17,24-25,28-29H,2-4,9-10H2,1H3,(H,26,27). The maximum absolute atomic E-state index is 11.8. The Morgan fingerprint density at radius 1 is 1.10 bits per heavy atom. The first-order valence-electron chi connectivity index (χ1n) is 10.4. The van der Waals surface area contributed by atoms with E-state index in [1.807, 2.05) is 30.3 Å². The van der Waals surface area contributed by atoms with Crippen LogP contribution in [-0.2, 0) is 4.79 Å². The monoisotopic (exact) mass is 428 g/mol. The van der Waals surface area contributed by atoms with Crippen LogP contribution in [0.15, 0.2) is 53.4 Å². The van der Waals surface area contributed by atoms with Crippen LogP contribution >= 0.6 is 10.8 Å². The second kappa shape index (κ2) is 8.43. The average molecular weight is 429 g/mol. The molecule has 0 radical (unpaired) electrons. The number of benzene rings is 2. The molecule has 0 amide bonds. The summed E-state index contributed by atoms with van der Waals surface area (Å²) >= 11 is 0. The number of rotatable bonds is 6. The van der Waals surface area contributed by atoms with Gasteiger partial charge in [0.25, 0.3) is 0 Å². The summed E-state index contributed by atoms with van der Waals surface area (Å²) in [6.45, 7) is 1.67. The zero-order chi connectivity index (χ0) is 21.3. The number of carbonyl (C=O) groups is 1. The molecule has 0 saturated heterocycles. The minimum atomic E-state index is -3.15. The van der Waals surface area contributed by atoms with Crippen molar-refractivity contribution in [1.29, 1.82) is 0 Å². The Hall–Kier alpha value is -2.32. The molecule has 2 aromatic carbocycles. The average Bonchev–Trinajstić information content (AvgIpc) is 3.13. The van der Waals surface area contributed by atoms with Crippen LogP contribution in [0.4, 0.5) is 0 Å². The van der Waals surface area contributed by atoms with E-state index in [1.54, 1.807) is 25.1 Å². The maximum atomic E-state index is 11.8. The number of hydrogen-bond acceptors (Lipinski definition) is 4. The van der Waals surface area contributed by atoms with Gasteiger partial charge in [-0.15, -0.1) is 10.8 Å². The van der Waals surface area contributed by atoms with Crippen molar-refractivity contribution in [3.8, 4) is 11.3 Å². The summed E-state index contributed by atoms with van der Waals surface area (Å²) in [5.41, 5.74) is 2.98. The highest BCUT2D eigenvalue weighted by Gasteiger charge is 2.26. The number of nitrogens with one attached hydrogen (secondary N) is 2. The van der Waals surface area contributed by atoms with E-state index in [2.05, 4.69) is 9.71 Å². The third-order valence-electron chi connectivity index (χ3n) is 5.94. The van der Waals surface area contributed by atoms with E-state index in [-0.39, 0.29) is 6.04 Å². The fourth-order valence-corrected chi connectivity index (χ4v) is 5.71. The number of aromatic nitrogens is 1. The number of hydrogen-bond donors (Lipinski definition) is 5. The first kappa shape index (κ1) is 20.9. The number of aliphatic carboxylic acids is 1. The van der Waals surface area contributed by atoms with Crippen LogP contribution in [0.3, 0.4) is 0 Å². The van der Waals surface area contributed by atoms with Crippen molar-refractivity contribution in [1.82, 2.24) is 9.71 Å². The molecule has 7 heteroatoms. The van der Waals surface area contributed by atoms with E-state index in [0.29, 0.717) is 16.2 Å². The zero-order valence-corrected chi connectivity index (χ0v) is 17.8. The van der Waals surface area contributed by atoms with Crippen LogP contribution in [0, 0.1) is 0 Å². The molecule has 6 nitrogen and oxygen atoms in total. The highest BCUT2D eigenvalue weighted by Crippen LogP contribution is 2.47. The highest BCUT2D eigenvalue weighted by molar-refractivity contribution is 8.22. The number of carboxylic acid groups (broad SMARTS) is 1. The quantitative estimate of drug-likeness (QED) is 0.333. The van der Waals surface area contributed by atoms with Gasteiger partial charge in [-0.05, 0) is 43.5 Å². The minimum Gasteiger partial charge on any atom is -0.481 e. The Balaban J connectivity index is 1.74. The summed E-state index contributed by atoms with van der Waals surface area (Å²) in [7, 11) is -3.15. The van der Waals surface area contributed by atoms with Crippen LogP contribution in [0.1, 0.15) is 50.5 Å². The first-order valence-corrected chi connectivity index (χ1v) is 11.9. The third-order valence-corrected chi connectivity index (χ3v) is 7.51. The smallest absolute Gasteiger partial charge is 0.310 e. The fourth-order valence-electron chi connectivity index (χ4n) is 4.31.